The van der Waals surface area contributed by atoms with E-state index in [0.717, 1.165) is 45.6 Å². The van der Waals surface area contributed by atoms with E-state index in [1.807, 2.05) is 38.1 Å². The zero-order chi connectivity index (χ0) is 30.3. The Morgan fingerprint density at radius 1 is 1.02 bits per heavy atom. The molecule has 0 radical (unpaired) electrons. The van der Waals surface area contributed by atoms with E-state index in [0.29, 0.717) is 18.0 Å². The van der Waals surface area contributed by atoms with Crippen LogP contribution >= 0.6 is 15.9 Å². The minimum atomic E-state index is -4.15. The number of halogens is 1. The van der Waals surface area contributed by atoms with E-state index in [-0.39, 0.29) is 23.4 Å². The van der Waals surface area contributed by atoms with E-state index in [1.165, 1.54) is 17.0 Å². The smallest absolute Gasteiger partial charge is 0.264 e. The Hall–Kier alpha value is -3.37. The number of hydrogen-bond donors (Lipinski definition) is 1. The summed E-state index contributed by atoms with van der Waals surface area (Å²) in [6.45, 7) is 5.67. The summed E-state index contributed by atoms with van der Waals surface area (Å²) in [5.41, 5.74) is 2.19. The van der Waals surface area contributed by atoms with Crippen LogP contribution < -0.4 is 14.4 Å². The van der Waals surface area contributed by atoms with Crippen molar-refractivity contribution in [2.75, 3.05) is 17.5 Å². The number of ether oxygens (including phenoxy) is 1. The molecule has 1 atom stereocenters. The minimum Gasteiger partial charge on any atom is -0.494 e. The molecular formula is C32H38BrN3O5S. The molecular weight excluding hydrogens is 618 g/mol. The highest BCUT2D eigenvalue weighted by molar-refractivity contribution is 9.10. The molecule has 1 aliphatic rings. The predicted octanol–water partition coefficient (Wildman–Crippen LogP) is 5.83. The molecule has 8 nitrogen and oxygen atoms in total. The summed E-state index contributed by atoms with van der Waals surface area (Å²) in [6, 6.07) is 19.9. The van der Waals surface area contributed by atoms with Gasteiger partial charge in [-0.05, 0) is 87.7 Å². The lowest BCUT2D eigenvalue weighted by Crippen LogP contribution is -2.52. The van der Waals surface area contributed by atoms with Crippen LogP contribution in [0, 0.1) is 6.92 Å². The monoisotopic (exact) mass is 655 g/mol. The number of benzene rings is 3. The fourth-order valence-electron chi connectivity index (χ4n) is 5.12. The average Bonchev–Trinajstić information content (AvgIpc) is 3.48. The average molecular weight is 657 g/mol. The zero-order valence-electron chi connectivity index (χ0n) is 24.3. The second-order valence-electron chi connectivity index (χ2n) is 10.6. The van der Waals surface area contributed by atoms with Gasteiger partial charge in [-0.15, -0.1) is 0 Å². The molecule has 1 aliphatic carbocycles. The van der Waals surface area contributed by atoms with Crippen LogP contribution in [0.2, 0.25) is 0 Å². The third kappa shape index (κ3) is 7.92. The van der Waals surface area contributed by atoms with Crippen LogP contribution in [0.15, 0.2) is 82.2 Å². The van der Waals surface area contributed by atoms with Gasteiger partial charge in [0.05, 0.1) is 17.2 Å². The number of carbonyl (C=O) groups excluding carboxylic acids is 2. The fraction of sp³-hybridized carbons (Fsp3) is 0.375. The van der Waals surface area contributed by atoms with Gasteiger partial charge in [0.25, 0.3) is 10.0 Å². The van der Waals surface area contributed by atoms with Gasteiger partial charge in [-0.25, -0.2) is 8.42 Å². The molecule has 10 heteroatoms. The first-order chi connectivity index (χ1) is 20.1. The van der Waals surface area contributed by atoms with Crippen molar-refractivity contribution in [3.05, 3.63) is 88.4 Å². The van der Waals surface area contributed by atoms with Crippen molar-refractivity contribution in [3.8, 4) is 5.75 Å². The fourth-order valence-corrected chi connectivity index (χ4v) is 6.80. The Bertz CT molecular complexity index is 1470. The number of hydrogen-bond acceptors (Lipinski definition) is 5. The normalized spacial score (nSPS) is 14.3. The van der Waals surface area contributed by atoms with Gasteiger partial charge in [0.1, 0.15) is 18.3 Å². The number of anilines is 1. The number of nitrogens with one attached hydrogen (secondary N) is 1. The first-order valence-corrected chi connectivity index (χ1v) is 16.5. The molecule has 1 fully saturated rings. The second kappa shape index (κ2) is 14.2. The highest BCUT2D eigenvalue weighted by Gasteiger charge is 2.33. The van der Waals surface area contributed by atoms with Crippen LogP contribution in [0.5, 0.6) is 5.75 Å². The van der Waals surface area contributed by atoms with E-state index < -0.39 is 28.5 Å². The Kier molecular flexibility index (Phi) is 10.7. The molecule has 0 aliphatic heterocycles. The number of amides is 2. The van der Waals surface area contributed by atoms with E-state index in [1.54, 1.807) is 43.3 Å². The van der Waals surface area contributed by atoms with Crippen molar-refractivity contribution in [2.24, 2.45) is 0 Å². The van der Waals surface area contributed by atoms with Crippen LogP contribution in [0.4, 0.5) is 5.69 Å². The molecule has 224 valence electrons. The van der Waals surface area contributed by atoms with Gasteiger partial charge in [-0.1, -0.05) is 58.6 Å². The number of nitrogens with zero attached hydrogens (tertiary/aromatic N) is 2. The summed E-state index contributed by atoms with van der Waals surface area (Å²) in [5, 5.41) is 3.09. The highest BCUT2D eigenvalue weighted by Crippen LogP contribution is 2.28. The van der Waals surface area contributed by atoms with Gasteiger partial charge in [-0.2, -0.15) is 0 Å². The molecule has 0 heterocycles. The zero-order valence-corrected chi connectivity index (χ0v) is 26.7. The van der Waals surface area contributed by atoms with Gasteiger partial charge in [0, 0.05) is 17.1 Å². The lowest BCUT2D eigenvalue weighted by Gasteiger charge is -2.32. The van der Waals surface area contributed by atoms with E-state index in [2.05, 4.69) is 21.2 Å². The van der Waals surface area contributed by atoms with Crippen LogP contribution in [0.25, 0.3) is 0 Å². The Morgan fingerprint density at radius 2 is 1.69 bits per heavy atom. The van der Waals surface area contributed by atoms with Crippen LogP contribution in [-0.2, 0) is 26.2 Å². The van der Waals surface area contributed by atoms with Crippen molar-refractivity contribution in [2.45, 2.75) is 70.0 Å². The molecule has 0 bridgehead atoms. The maximum atomic E-state index is 14.1. The van der Waals surface area contributed by atoms with E-state index in [9.17, 15) is 18.0 Å². The second-order valence-corrected chi connectivity index (χ2v) is 13.3. The molecule has 0 aromatic heterocycles. The summed E-state index contributed by atoms with van der Waals surface area (Å²) in [7, 11) is -4.15. The third-order valence-electron chi connectivity index (χ3n) is 7.42. The standard InChI is InChI=1S/C32H38BrN3O5S/c1-4-41-29-16-14-28(15-17-29)36(42(39,40)30-18-12-26(33)13-19-30)22-31(37)35(21-25-9-7-8-23(2)20-25)24(3)32(38)34-27-10-5-6-11-27/h7-9,12-20,24,27H,4-6,10-11,21-22H2,1-3H3,(H,34,38). The van der Waals surface area contributed by atoms with Crippen molar-refractivity contribution in [3.63, 3.8) is 0 Å². The van der Waals surface area contributed by atoms with Crippen molar-refractivity contribution in [1.82, 2.24) is 10.2 Å². The molecule has 42 heavy (non-hydrogen) atoms. The van der Waals surface area contributed by atoms with E-state index in [4.69, 9.17) is 4.74 Å². The maximum absolute atomic E-state index is 14.1. The molecule has 4 rings (SSSR count). The Balaban J connectivity index is 1.69. The van der Waals surface area contributed by atoms with Gasteiger partial charge in [0.15, 0.2) is 0 Å². The maximum Gasteiger partial charge on any atom is 0.264 e. The molecule has 1 saturated carbocycles. The van der Waals surface area contributed by atoms with Crippen molar-refractivity contribution < 1.29 is 22.7 Å². The summed E-state index contributed by atoms with van der Waals surface area (Å²) in [6.07, 6.45) is 3.97. The van der Waals surface area contributed by atoms with Gasteiger partial charge in [-0.3, -0.25) is 13.9 Å². The number of sulfonamides is 1. The van der Waals surface area contributed by atoms with Gasteiger partial charge < -0.3 is 15.0 Å². The topological polar surface area (TPSA) is 96.0 Å². The summed E-state index contributed by atoms with van der Waals surface area (Å²) >= 11 is 3.35. The summed E-state index contributed by atoms with van der Waals surface area (Å²) < 4.78 is 35.3. The molecule has 0 saturated heterocycles. The number of aryl methyl sites for hydroxylation is 1. The lowest BCUT2D eigenvalue weighted by molar-refractivity contribution is -0.139. The molecule has 2 amide bonds. The van der Waals surface area contributed by atoms with Crippen LogP contribution in [0.1, 0.15) is 50.7 Å². The largest absolute Gasteiger partial charge is 0.494 e. The minimum absolute atomic E-state index is 0.0460. The number of rotatable bonds is 12. The quantitative estimate of drug-likeness (QED) is 0.265. The first-order valence-electron chi connectivity index (χ1n) is 14.2. The Morgan fingerprint density at radius 3 is 2.31 bits per heavy atom. The van der Waals surface area contributed by atoms with Crippen LogP contribution in [0.3, 0.4) is 0 Å². The van der Waals surface area contributed by atoms with Crippen molar-refractivity contribution >= 4 is 43.5 Å². The lowest BCUT2D eigenvalue weighted by atomic mass is 10.1. The van der Waals surface area contributed by atoms with Gasteiger partial charge in [0.2, 0.25) is 11.8 Å². The molecule has 1 unspecified atom stereocenters. The van der Waals surface area contributed by atoms with E-state index >= 15 is 0 Å². The van der Waals surface area contributed by atoms with Crippen LogP contribution in [-0.4, -0.2) is 50.4 Å². The first kappa shape index (κ1) is 31.6. The highest BCUT2D eigenvalue weighted by atomic mass is 79.9. The molecule has 0 spiro atoms. The Labute approximate surface area is 257 Å². The molecule has 3 aromatic rings. The van der Waals surface area contributed by atoms with Crippen molar-refractivity contribution in [1.29, 1.82) is 0 Å². The number of carbonyl (C=O) groups is 2. The summed E-state index contributed by atoms with van der Waals surface area (Å²) in [4.78, 5) is 29.0. The van der Waals surface area contributed by atoms with Gasteiger partial charge >= 0.3 is 0 Å². The predicted molar refractivity (Wildman–Crippen MR) is 168 cm³/mol. The SMILES string of the molecule is CCOc1ccc(N(CC(=O)N(Cc2cccc(C)c2)C(C)C(=O)NC2CCCC2)S(=O)(=O)c2ccc(Br)cc2)cc1. The molecule has 1 N–H and O–H groups in total. The molecule has 3 aromatic carbocycles. The third-order valence-corrected chi connectivity index (χ3v) is 9.74. The summed E-state index contributed by atoms with van der Waals surface area (Å²) in [5.74, 6) is -0.140.